The molecule has 0 radical (unpaired) electrons. The molecule has 9 heteroatoms. The Balaban J connectivity index is 2.77. The fourth-order valence-corrected chi connectivity index (χ4v) is 4.56. The summed E-state index contributed by atoms with van der Waals surface area (Å²) >= 11 is 0. The summed E-state index contributed by atoms with van der Waals surface area (Å²) in [6.07, 6.45) is 0. The van der Waals surface area contributed by atoms with Gasteiger partial charge in [-0.25, -0.2) is 0 Å². The second-order valence-electron chi connectivity index (χ2n) is 5.60. The minimum absolute atomic E-state index is 0.0466. The lowest BCUT2D eigenvalue weighted by Gasteiger charge is -2.28. The predicted octanol–water partition coefficient (Wildman–Crippen LogP) is 2.83. The highest BCUT2D eigenvalue weighted by molar-refractivity contribution is 7.55. The quantitative estimate of drug-likeness (QED) is 0.562. The van der Waals surface area contributed by atoms with E-state index in [1.807, 2.05) is 0 Å². The summed E-state index contributed by atoms with van der Waals surface area (Å²) < 4.78 is 32.4. The maximum atomic E-state index is 13.0. The average molecular weight is 396 g/mol. The Kier molecular flexibility index (Phi) is 6.59. The van der Waals surface area contributed by atoms with Crippen LogP contribution in [0.15, 0.2) is 36.4 Å². The number of rotatable bonds is 7. The zero-order chi connectivity index (χ0) is 20.2. The van der Waals surface area contributed by atoms with E-state index >= 15 is 0 Å². The Morgan fingerprint density at radius 3 is 2.07 bits per heavy atom. The van der Waals surface area contributed by atoms with Crippen molar-refractivity contribution in [2.75, 3.05) is 28.4 Å². The Hall–Kier alpha value is -2.41. The fraction of sp³-hybridized carbons (Fsp3) is 0.333. The van der Waals surface area contributed by atoms with Crippen LogP contribution in [0.5, 0.6) is 5.75 Å². The lowest BCUT2D eigenvalue weighted by molar-refractivity contribution is -0.149. The molecule has 2 rings (SSSR count). The lowest BCUT2D eigenvalue weighted by Crippen LogP contribution is -2.35. The van der Waals surface area contributed by atoms with Gasteiger partial charge in [-0.2, -0.15) is 0 Å². The molecular formula is C18H21O8P. The molecule has 0 bridgehead atoms. The van der Waals surface area contributed by atoms with Crippen LogP contribution in [0.3, 0.4) is 0 Å². The summed E-state index contributed by atoms with van der Waals surface area (Å²) in [7, 11) is 0.265. The second kappa shape index (κ2) is 8.52. The summed E-state index contributed by atoms with van der Waals surface area (Å²) in [5, 5.41) is 11.9. The van der Waals surface area contributed by atoms with E-state index in [1.54, 1.807) is 30.3 Å². The molecule has 0 aromatic heterocycles. The van der Waals surface area contributed by atoms with Crippen LogP contribution >= 0.6 is 7.60 Å². The summed E-state index contributed by atoms with van der Waals surface area (Å²) in [4.78, 5) is 25.0. The smallest absolute Gasteiger partial charge is 0.345 e. The van der Waals surface area contributed by atoms with Gasteiger partial charge in [0.2, 0.25) is 0 Å². The molecule has 2 aromatic carbocycles. The van der Waals surface area contributed by atoms with Gasteiger partial charge in [-0.05, 0) is 5.39 Å². The number of phenols is 1. The van der Waals surface area contributed by atoms with Crippen LogP contribution in [0.2, 0.25) is 0 Å². The normalized spacial score (nSPS) is 13.8. The third-order valence-corrected chi connectivity index (χ3v) is 6.54. The summed E-state index contributed by atoms with van der Waals surface area (Å²) in [5.41, 5.74) is -1.62. The number of ether oxygens (including phenoxy) is 2. The average Bonchev–Trinajstić information content (AvgIpc) is 2.71. The van der Waals surface area contributed by atoms with E-state index in [9.17, 15) is 19.3 Å². The number of phenolic OH excluding ortho intramolecular Hbond substituents is 1. The van der Waals surface area contributed by atoms with E-state index in [4.69, 9.17) is 18.5 Å². The van der Waals surface area contributed by atoms with Crippen LogP contribution in [0.4, 0.5) is 0 Å². The van der Waals surface area contributed by atoms with Crippen LogP contribution in [-0.2, 0) is 32.7 Å². The maximum Gasteiger partial charge on any atom is 0.345 e. The third kappa shape index (κ3) is 3.83. The number of aromatic hydroxyl groups is 1. The van der Waals surface area contributed by atoms with Crippen molar-refractivity contribution in [2.45, 2.75) is 11.6 Å². The molecule has 0 amide bonds. The van der Waals surface area contributed by atoms with Gasteiger partial charge in [0.1, 0.15) is 11.7 Å². The molecule has 0 unspecified atom stereocenters. The van der Waals surface area contributed by atoms with Crippen molar-refractivity contribution in [3.05, 3.63) is 42.0 Å². The Labute approximate surface area is 156 Å². The Morgan fingerprint density at radius 2 is 1.52 bits per heavy atom. The van der Waals surface area contributed by atoms with Crippen LogP contribution in [0.1, 0.15) is 11.5 Å². The Morgan fingerprint density at radius 1 is 0.926 bits per heavy atom. The molecule has 27 heavy (non-hydrogen) atoms. The monoisotopic (exact) mass is 396 g/mol. The van der Waals surface area contributed by atoms with Gasteiger partial charge in [0.15, 0.2) is 5.66 Å². The predicted molar refractivity (Wildman–Crippen MR) is 97.8 cm³/mol. The first-order chi connectivity index (χ1) is 12.8. The first kappa shape index (κ1) is 20.9. The molecular weight excluding hydrogens is 375 g/mol. The molecule has 1 N–H and O–H groups in total. The number of hydrogen-bond donors (Lipinski definition) is 1. The molecule has 0 aliphatic carbocycles. The zero-order valence-electron chi connectivity index (χ0n) is 15.4. The fourth-order valence-electron chi connectivity index (χ4n) is 2.95. The first-order valence-electron chi connectivity index (χ1n) is 7.92. The van der Waals surface area contributed by atoms with Crippen LogP contribution in [0, 0.1) is 0 Å². The van der Waals surface area contributed by atoms with Crippen molar-refractivity contribution in [3.63, 3.8) is 0 Å². The molecule has 0 heterocycles. The number of carbonyl (C=O) groups is 2. The van der Waals surface area contributed by atoms with Crippen molar-refractivity contribution < 1.29 is 37.8 Å². The van der Waals surface area contributed by atoms with E-state index in [0.717, 1.165) is 33.8 Å². The van der Waals surface area contributed by atoms with Gasteiger partial charge in [0.05, 0.1) is 14.2 Å². The van der Waals surface area contributed by atoms with Crippen molar-refractivity contribution >= 4 is 30.3 Å². The van der Waals surface area contributed by atoms with Crippen molar-refractivity contribution in [1.29, 1.82) is 0 Å². The molecule has 8 nitrogen and oxygen atoms in total. The van der Waals surface area contributed by atoms with Gasteiger partial charge in [0.25, 0.3) is 0 Å². The van der Waals surface area contributed by atoms with Gasteiger partial charge in [0, 0.05) is 25.2 Å². The largest absolute Gasteiger partial charge is 0.507 e. The molecule has 0 spiro atoms. The second-order valence-corrected chi connectivity index (χ2v) is 7.96. The van der Waals surface area contributed by atoms with Crippen LogP contribution < -0.4 is 0 Å². The van der Waals surface area contributed by atoms with E-state index in [2.05, 4.69) is 0 Å². The molecule has 0 aliphatic heterocycles. The topological polar surface area (TPSA) is 108 Å². The van der Waals surface area contributed by atoms with Crippen molar-refractivity contribution in [3.8, 4) is 5.75 Å². The van der Waals surface area contributed by atoms with Crippen LogP contribution in [-0.4, -0.2) is 51.1 Å². The number of esters is 2. The van der Waals surface area contributed by atoms with Gasteiger partial charge >= 0.3 is 19.5 Å². The zero-order valence-corrected chi connectivity index (χ0v) is 16.3. The van der Waals surface area contributed by atoms with E-state index in [0.29, 0.717) is 5.39 Å². The molecule has 2 atom stereocenters. The number of hydrogen-bond acceptors (Lipinski definition) is 8. The standard InChI is InChI=1S/C18H21O8P/c1-23-17(20)14(16(18(21)24-2)27(22,25-3)26-4)13-10-9-11-7-5-6-8-12(11)15(13)19/h5-10,14,16,19H,1-4H3/t14-,16-/m0/s1. The SMILES string of the molecule is COC(=O)[C@H]([C@@H](C(=O)OC)c1ccc2ccccc2c1O)P(=O)(OC)OC. The van der Waals surface area contributed by atoms with E-state index in [1.165, 1.54) is 6.07 Å². The van der Waals surface area contributed by atoms with E-state index in [-0.39, 0.29) is 11.3 Å². The van der Waals surface area contributed by atoms with Gasteiger partial charge in [-0.3, -0.25) is 14.2 Å². The Bertz CT molecular complexity index is 886. The number of benzene rings is 2. The third-order valence-electron chi connectivity index (χ3n) is 4.33. The minimum Gasteiger partial charge on any atom is -0.507 e. The molecule has 0 saturated heterocycles. The summed E-state index contributed by atoms with van der Waals surface area (Å²) in [6, 6.07) is 10.1. The molecule has 146 valence electrons. The highest BCUT2D eigenvalue weighted by Gasteiger charge is 2.51. The van der Waals surface area contributed by atoms with E-state index < -0.39 is 31.1 Å². The first-order valence-corrected chi connectivity index (χ1v) is 9.53. The van der Waals surface area contributed by atoms with Crippen molar-refractivity contribution in [1.82, 2.24) is 0 Å². The molecule has 0 aliphatic rings. The number of methoxy groups -OCH3 is 2. The number of carbonyl (C=O) groups excluding carboxylic acids is 2. The summed E-state index contributed by atoms with van der Waals surface area (Å²) in [6.45, 7) is 0. The maximum absolute atomic E-state index is 13.0. The molecule has 2 aromatic rings. The summed E-state index contributed by atoms with van der Waals surface area (Å²) in [5.74, 6) is -3.61. The van der Waals surface area contributed by atoms with Crippen molar-refractivity contribution in [2.24, 2.45) is 0 Å². The van der Waals surface area contributed by atoms with Crippen LogP contribution in [0.25, 0.3) is 10.8 Å². The number of fused-ring (bicyclic) bond motifs is 1. The minimum atomic E-state index is -4.12. The highest BCUT2D eigenvalue weighted by Crippen LogP contribution is 2.57. The molecule has 0 fully saturated rings. The van der Waals surface area contributed by atoms with Gasteiger partial charge in [-0.15, -0.1) is 0 Å². The highest BCUT2D eigenvalue weighted by atomic mass is 31.2. The van der Waals surface area contributed by atoms with Gasteiger partial charge in [-0.1, -0.05) is 36.4 Å². The molecule has 0 saturated carbocycles. The van der Waals surface area contributed by atoms with Gasteiger partial charge < -0.3 is 23.6 Å². The lowest BCUT2D eigenvalue weighted by atomic mass is 9.92.